The van der Waals surface area contributed by atoms with Gasteiger partial charge in [-0.05, 0) is 25.3 Å². The first-order chi connectivity index (χ1) is 8.61. The van der Waals surface area contributed by atoms with Crippen LogP contribution in [-0.4, -0.2) is 31.6 Å². The van der Waals surface area contributed by atoms with Gasteiger partial charge in [-0.1, -0.05) is 20.4 Å². The van der Waals surface area contributed by atoms with Gasteiger partial charge < -0.3 is 9.47 Å². The van der Waals surface area contributed by atoms with Gasteiger partial charge in [0.2, 0.25) is 0 Å². The molecule has 0 aliphatic heterocycles. The largest absolute Gasteiger partial charge is 0.463 e. The highest BCUT2D eigenvalue weighted by atomic mass is 16.6. The second-order valence-electron chi connectivity index (χ2n) is 4.22. The Hall–Kier alpha value is -1.16. The topological polar surface area (TPSA) is 52.6 Å². The number of ether oxygens (including phenoxy) is 2. The van der Waals surface area contributed by atoms with Crippen LogP contribution >= 0.6 is 0 Å². The lowest BCUT2D eigenvalue weighted by Crippen LogP contribution is -2.17. The Labute approximate surface area is 109 Å². The lowest BCUT2D eigenvalue weighted by Gasteiger charge is -2.09. The Morgan fingerprint density at radius 1 is 1.22 bits per heavy atom. The summed E-state index contributed by atoms with van der Waals surface area (Å²) in [6.07, 6.45) is 4.29. The van der Waals surface area contributed by atoms with E-state index in [1.807, 2.05) is 13.8 Å². The molecule has 0 fully saturated rings. The van der Waals surface area contributed by atoms with E-state index >= 15 is 0 Å². The van der Waals surface area contributed by atoms with Gasteiger partial charge in [0, 0.05) is 13.0 Å². The van der Waals surface area contributed by atoms with E-state index in [-0.39, 0.29) is 17.7 Å². The third kappa shape index (κ3) is 8.93. The molecule has 0 aromatic rings. The number of allylic oxidation sites excluding steroid dienone is 1. The fraction of sp³-hybridized carbons (Fsp3) is 0.714. The highest BCUT2D eigenvalue weighted by Gasteiger charge is 2.10. The molecule has 1 atom stereocenters. The number of carbonyl (C=O) groups is 2. The van der Waals surface area contributed by atoms with Gasteiger partial charge >= 0.3 is 5.97 Å². The summed E-state index contributed by atoms with van der Waals surface area (Å²) in [5.74, 6) is -0.148. The van der Waals surface area contributed by atoms with Gasteiger partial charge in [0.15, 0.2) is 5.78 Å². The molecule has 104 valence electrons. The Bertz CT molecular complexity index is 261. The standard InChI is InChI=1S/C14H24O4/c1-4-12(3)14(16)18-11-10-17-9-7-6-8-13(15)5-2/h5,12H,2,4,6-11H2,1,3H3. The molecule has 1 unspecified atom stereocenters. The molecule has 0 aromatic carbocycles. The number of rotatable bonds is 11. The predicted octanol–water partition coefficient (Wildman–Crippen LogP) is 2.52. The first-order valence-electron chi connectivity index (χ1n) is 6.51. The van der Waals surface area contributed by atoms with Gasteiger partial charge in [0.1, 0.15) is 6.61 Å². The minimum atomic E-state index is -0.169. The number of hydrogen-bond donors (Lipinski definition) is 0. The molecule has 0 saturated carbocycles. The number of carbonyl (C=O) groups excluding carboxylic acids is 2. The van der Waals surface area contributed by atoms with Crippen molar-refractivity contribution in [2.75, 3.05) is 19.8 Å². The van der Waals surface area contributed by atoms with Crippen molar-refractivity contribution in [3.8, 4) is 0 Å². The smallest absolute Gasteiger partial charge is 0.308 e. The van der Waals surface area contributed by atoms with Crippen molar-refractivity contribution in [3.05, 3.63) is 12.7 Å². The summed E-state index contributed by atoms with van der Waals surface area (Å²) in [6.45, 7) is 8.51. The molecule has 18 heavy (non-hydrogen) atoms. The maximum atomic E-state index is 11.3. The number of hydrogen-bond acceptors (Lipinski definition) is 4. The summed E-state index contributed by atoms with van der Waals surface area (Å²) in [4.78, 5) is 22.2. The van der Waals surface area contributed by atoms with E-state index in [1.54, 1.807) is 0 Å². The van der Waals surface area contributed by atoms with E-state index in [0.29, 0.717) is 26.2 Å². The van der Waals surface area contributed by atoms with Crippen LogP contribution in [0.2, 0.25) is 0 Å². The monoisotopic (exact) mass is 256 g/mol. The van der Waals surface area contributed by atoms with E-state index in [9.17, 15) is 9.59 Å². The molecule has 4 nitrogen and oxygen atoms in total. The van der Waals surface area contributed by atoms with E-state index in [2.05, 4.69) is 6.58 Å². The van der Waals surface area contributed by atoms with Crippen LogP contribution in [0.15, 0.2) is 12.7 Å². The Morgan fingerprint density at radius 3 is 2.56 bits per heavy atom. The summed E-state index contributed by atoms with van der Waals surface area (Å²) in [5, 5.41) is 0. The summed E-state index contributed by atoms with van der Waals surface area (Å²) >= 11 is 0. The highest BCUT2D eigenvalue weighted by molar-refractivity contribution is 5.88. The summed E-state index contributed by atoms with van der Waals surface area (Å²) in [6, 6.07) is 0. The molecule has 0 heterocycles. The molecular formula is C14H24O4. The second kappa shape index (κ2) is 11.0. The average molecular weight is 256 g/mol. The SMILES string of the molecule is C=CC(=O)CCCCOCCOC(=O)C(C)CC. The van der Waals surface area contributed by atoms with Crippen LogP contribution in [-0.2, 0) is 19.1 Å². The van der Waals surface area contributed by atoms with Gasteiger partial charge in [-0.25, -0.2) is 0 Å². The fourth-order valence-electron chi connectivity index (χ4n) is 1.22. The zero-order chi connectivity index (χ0) is 13.8. The quantitative estimate of drug-likeness (QED) is 0.324. The minimum absolute atomic E-state index is 0.0464. The molecular weight excluding hydrogens is 232 g/mol. The first-order valence-corrected chi connectivity index (χ1v) is 6.51. The maximum absolute atomic E-state index is 11.3. The fourth-order valence-corrected chi connectivity index (χ4v) is 1.22. The first kappa shape index (κ1) is 16.8. The molecule has 0 bridgehead atoms. The molecule has 0 saturated heterocycles. The average Bonchev–Trinajstić information content (AvgIpc) is 2.39. The van der Waals surface area contributed by atoms with Gasteiger partial charge in [0.05, 0.1) is 12.5 Å². The van der Waals surface area contributed by atoms with Crippen LogP contribution in [0.5, 0.6) is 0 Å². The third-order valence-electron chi connectivity index (χ3n) is 2.68. The Balaban J connectivity index is 3.28. The van der Waals surface area contributed by atoms with E-state index in [0.717, 1.165) is 19.3 Å². The van der Waals surface area contributed by atoms with Crippen LogP contribution in [0.3, 0.4) is 0 Å². The molecule has 0 amide bonds. The molecule has 0 rings (SSSR count). The third-order valence-corrected chi connectivity index (χ3v) is 2.68. The van der Waals surface area contributed by atoms with Gasteiger partial charge in [-0.3, -0.25) is 9.59 Å². The predicted molar refractivity (Wildman–Crippen MR) is 70.3 cm³/mol. The lowest BCUT2D eigenvalue weighted by molar-refractivity contribution is -0.149. The van der Waals surface area contributed by atoms with E-state index in [1.165, 1.54) is 6.08 Å². The molecule has 0 spiro atoms. The molecule has 0 aliphatic carbocycles. The summed E-state index contributed by atoms with van der Waals surface area (Å²) in [5.41, 5.74) is 0. The van der Waals surface area contributed by atoms with Gasteiger partial charge in [-0.2, -0.15) is 0 Å². The van der Waals surface area contributed by atoms with E-state index < -0.39 is 0 Å². The van der Waals surface area contributed by atoms with Crippen molar-refractivity contribution in [1.82, 2.24) is 0 Å². The maximum Gasteiger partial charge on any atom is 0.308 e. The molecule has 0 aliphatic rings. The van der Waals surface area contributed by atoms with Crippen molar-refractivity contribution in [2.45, 2.75) is 39.5 Å². The highest BCUT2D eigenvalue weighted by Crippen LogP contribution is 2.03. The number of ketones is 1. The number of esters is 1. The summed E-state index contributed by atoms with van der Waals surface area (Å²) < 4.78 is 10.3. The summed E-state index contributed by atoms with van der Waals surface area (Å²) in [7, 11) is 0. The normalized spacial score (nSPS) is 11.9. The molecule has 0 radical (unpaired) electrons. The van der Waals surface area contributed by atoms with Crippen molar-refractivity contribution in [1.29, 1.82) is 0 Å². The van der Waals surface area contributed by atoms with Crippen LogP contribution in [0.25, 0.3) is 0 Å². The van der Waals surface area contributed by atoms with Crippen molar-refractivity contribution in [2.24, 2.45) is 5.92 Å². The van der Waals surface area contributed by atoms with Gasteiger partial charge in [0.25, 0.3) is 0 Å². The van der Waals surface area contributed by atoms with Crippen LogP contribution in [0, 0.1) is 5.92 Å². The Kier molecular flexibility index (Phi) is 10.3. The minimum Gasteiger partial charge on any atom is -0.463 e. The zero-order valence-electron chi connectivity index (χ0n) is 11.4. The second-order valence-corrected chi connectivity index (χ2v) is 4.22. The van der Waals surface area contributed by atoms with Crippen molar-refractivity contribution >= 4 is 11.8 Å². The van der Waals surface area contributed by atoms with Gasteiger partial charge in [-0.15, -0.1) is 0 Å². The molecule has 0 aromatic heterocycles. The van der Waals surface area contributed by atoms with Crippen LogP contribution < -0.4 is 0 Å². The van der Waals surface area contributed by atoms with Crippen molar-refractivity contribution in [3.63, 3.8) is 0 Å². The Morgan fingerprint density at radius 2 is 1.94 bits per heavy atom. The van der Waals surface area contributed by atoms with E-state index in [4.69, 9.17) is 9.47 Å². The number of unbranched alkanes of at least 4 members (excludes halogenated alkanes) is 1. The van der Waals surface area contributed by atoms with Crippen LogP contribution in [0.1, 0.15) is 39.5 Å². The zero-order valence-corrected chi connectivity index (χ0v) is 11.4. The molecule has 4 heteroatoms. The molecule has 0 N–H and O–H groups in total. The van der Waals surface area contributed by atoms with Crippen molar-refractivity contribution < 1.29 is 19.1 Å². The van der Waals surface area contributed by atoms with Crippen LogP contribution in [0.4, 0.5) is 0 Å². The lowest BCUT2D eigenvalue weighted by atomic mass is 10.1.